The van der Waals surface area contributed by atoms with Crippen molar-refractivity contribution in [2.24, 2.45) is 10.9 Å². The number of imidazole rings is 1. The summed E-state index contributed by atoms with van der Waals surface area (Å²) in [5.41, 5.74) is 3.90. The van der Waals surface area contributed by atoms with E-state index >= 15 is 0 Å². The molecule has 0 atom stereocenters. The van der Waals surface area contributed by atoms with Crippen molar-refractivity contribution in [2.75, 3.05) is 26.3 Å². The molecule has 2 fully saturated rings. The Morgan fingerprint density at radius 1 is 1.08 bits per heavy atom. The van der Waals surface area contributed by atoms with E-state index in [1.54, 1.807) is 0 Å². The zero-order valence-corrected chi connectivity index (χ0v) is 22.1. The first-order valence-corrected chi connectivity index (χ1v) is 13.6. The minimum Gasteiger partial charge on any atom is -0.379 e. The molecule has 1 saturated heterocycles. The average Bonchev–Trinajstić information content (AvgIpc) is 3.26. The average molecular weight is 522 g/mol. The zero-order chi connectivity index (χ0) is 26.6. The normalized spacial score (nSPS) is 21.2. The number of nitrogens with one attached hydrogen (secondary N) is 2. The Bertz CT molecular complexity index is 1350. The lowest BCUT2D eigenvalue weighted by Crippen LogP contribution is -2.38. The first-order chi connectivity index (χ1) is 18.4. The number of carbonyl (C=O) groups is 2. The summed E-state index contributed by atoms with van der Waals surface area (Å²) in [6.07, 6.45) is 3.19. The molecule has 9 heteroatoms. The Morgan fingerprint density at radius 2 is 1.79 bits per heavy atom. The van der Waals surface area contributed by atoms with Crippen LogP contribution in [0, 0.1) is 11.7 Å². The van der Waals surface area contributed by atoms with Gasteiger partial charge in [-0.15, -0.1) is 0 Å². The van der Waals surface area contributed by atoms with Crippen LogP contribution in [-0.2, 0) is 16.1 Å². The van der Waals surface area contributed by atoms with Gasteiger partial charge in [-0.2, -0.15) is 4.99 Å². The van der Waals surface area contributed by atoms with Crippen molar-refractivity contribution in [3.8, 4) is 0 Å². The summed E-state index contributed by atoms with van der Waals surface area (Å²) in [6.45, 7) is 8.08. The molecule has 2 N–H and O–H groups in total. The number of hydrogen-bond acceptors (Lipinski definition) is 4. The number of amides is 2. The first-order valence-electron chi connectivity index (χ1n) is 13.6. The van der Waals surface area contributed by atoms with Gasteiger partial charge in [-0.3, -0.25) is 14.5 Å². The fraction of sp³-hybridized carbons (Fsp3) is 0.483. The monoisotopic (exact) mass is 521 g/mol. The standard InChI is InChI=1S/C29H36FN5O3/c1-19(2)31-27(36)22-6-10-24(11-7-22)35-26-17-20(18-34-13-15-38-16-14-34)3-12-25(26)32-29(35)33-28(37)21-4-8-23(30)9-5-21/h3-5,8-9,12,17,19,22,24H,6-7,10-11,13-16,18H2,1-2H3,(H,31,36)(H,32,33,37)/t22-,24+. The van der Waals surface area contributed by atoms with Crippen molar-refractivity contribution < 1.29 is 18.7 Å². The van der Waals surface area contributed by atoms with Crippen LogP contribution in [0.1, 0.15) is 61.5 Å². The van der Waals surface area contributed by atoms with Crippen LogP contribution in [0.25, 0.3) is 11.0 Å². The van der Waals surface area contributed by atoms with E-state index in [9.17, 15) is 14.0 Å². The van der Waals surface area contributed by atoms with Crippen LogP contribution in [0.3, 0.4) is 0 Å². The number of carbonyl (C=O) groups excluding carboxylic acids is 2. The van der Waals surface area contributed by atoms with Gasteiger partial charge in [0.2, 0.25) is 11.5 Å². The van der Waals surface area contributed by atoms with E-state index in [1.807, 2.05) is 19.9 Å². The lowest BCUT2D eigenvalue weighted by Gasteiger charge is -2.30. The third-order valence-corrected chi connectivity index (χ3v) is 7.47. The van der Waals surface area contributed by atoms with E-state index in [-0.39, 0.29) is 23.9 Å². The van der Waals surface area contributed by atoms with Crippen molar-refractivity contribution in [1.82, 2.24) is 19.8 Å². The highest BCUT2D eigenvalue weighted by Gasteiger charge is 2.29. The summed E-state index contributed by atoms with van der Waals surface area (Å²) >= 11 is 0. The topological polar surface area (TPSA) is 91.7 Å². The van der Waals surface area contributed by atoms with Crippen molar-refractivity contribution in [1.29, 1.82) is 0 Å². The molecule has 202 valence electrons. The van der Waals surface area contributed by atoms with Gasteiger partial charge in [0.1, 0.15) is 5.82 Å². The van der Waals surface area contributed by atoms with Crippen LogP contribution in [0.2, 0.25) is 0 Å². The molecule has 2 aromatic carbocycles. The number of aromatic nitrogens is 2. The van der Waals surface area contributed by atoms with Crippen molar-refractivity contribution in [3.63, 3.8) is 0 Å². The molecule has 1 aliphatic carbocycles. The second-order valence-electron chi connectivity index (χ2n) is 10.7. The van der Waals surface area contributed by atoms with Gasteiger partial charge in [0.15, 0.2) is 0 Å². The maximum Gasteiger partial charge on any atom is 0.280 e. The molecule has 0 unspecified atom stereocenters. The fourth-order valence-corrected chi connectivity index (χ4v) is 5.50. The Hall–Kier alpha value is -3.30. The summed E-state index contributed by atoms with van der Waals surface area (Å²) in [5.74, 6) is -0.707. The highest BCUT2D eigenvalue weighted by Crippen LogP contribution is 2.33. The second kappa shape index (κ2) is 11.6. The maximum absolute atomic E-state index is 13.4. The molecule has 0 spiro atoms. The van der Waals surface area contributed by atoms with Crippen LogP contribution in [0.4, 0.5) is 4.39 Å². The lowest BCUT2D eigenvalue weighted by atomic mass is 9.85. The lowest BCUT2D eigenvalue weighted by molar-refractivity contribution is -0.126. The number of ether oxygens (including phenoxy) is 1. The first kappa shape index (κ1) is 26.3. The molecular formula is C29H36FN5O3. The number of aromatic amines is 1. The van der Waals surface area contributed by atoms with Crippen LogP contribution in [0.5, 0.6) is 0 Å². The van der Waals surface area contributed by atoms with E-state index in [2.05, 4.69) is 36.9 Å². The van der Waals surface area contributed by atoms with Gasteiger partial charge in [-0.1, -0.05) is 6.07 Å². The van der Waals surface area contributed by atoms with E-state index in [0.717, 1.165) is 69.6 Å². The molecule has 1 saturated carbocycles. The third-order valence-electron chi connectivity index (χ3n) is 7.47. The molecule has 2 aliphatic rings. The molecule has 8 nitrogen and oxygen atoms in total. The number of benzene rings is 2. The number of halogens is 1. The van der Waals surface area contributed by atoms with Crippen LogP contribution < -0.4 is 10.9 Å². The van der Waals surface area contributed by atoms with E-state index in [0.29, 0.717) is 11.2 Å². The summed E-state index contributed by atoms with van der Waals surface area (Å²) in [6, 6.07) is 12.0. The second-order valence-corrected chi connectivity index (χ2v) is 10.7. The summed E-state index contributed by atoms with van der Waals surface area (Å²) in [4.78, 5) is 35.8. The molecular weight excluding hydrogens is 485 g/mol. The number of rotatable bonds is 6. The molecule has 1 aliphatic heterocycles. The predicted molar refractivity (Wildman–Crippen MR) is 143 cm³/mol. The minimum atomic E-state index is -0.427. The van der Waals surface area contributed by atoms with Gasteiger partial charge < -0.3 is 19.6 Å². The number of hydrogen-bond donors (Lipinski definition) is 2. The van der Waals surface area contributed by atoms with E-state index < -0.39 is 11.7 Å². The van der Waals surface area contributed by atoms with Gasteiger partial charge in [0, 0.05) is 43.2 Å². The Labute approximate surface area is 221 Å². The van der Waals surface area contributed by atoms with Gasteiger partial charge in [0.25, 0.3) is 5.91 Å². The van der Waals surface area contributed by atoms with Crippen molar-refractivity contribution in [2.45, 2.75) is 58.2 Å². The Kier molecular flexibility index (Phi) is 8.04. The highest BCUT2D eigenvalue weighted by atomic mass is 19.1. The van der Waals surface area contributed by atoms with Crippen LogP contribution >= 0.6 is 0 Å². The van der Waals surface area contributed by atoms with Gasteiger partial charge in [-0.05, 0) is 81.5 Å². The number of H-pyrrole nitrogens is 1. The van der Waals surface area contributed by atoms with Crippen molar-refractivity contribution in [3.05, 3.63) is 65.0 Å². The van der Waals surface area contributed by atoms with Crippen LogP contribution in [0.15, 0.2) is 47.5 Å². The summed E-state index contributed by atoms with van der Waals surface area (Å²) in [5, 5.41) is 3.04. The zero-order valence-electron chi connectivity index (χ0n) is 22.1. The molecule has 2 heterocycles. The predicted octanol–water partition coefficient (Wildman–Crippen LogP) is 3.94. The molecule has 0 radical (unpaired) electrons. The minimum absolute atomic E-state index is 0.00225. The molecule has 3 aromatic rings. The van der Waals surface area contributed by atoms with Gasteiger partial charge in [0.05, 0.1) is 24.2 Å². The molecule has 0 bridgehead atoms. The van der Waals surface area contributed by atoms with Gasteiger partial charge >= 0.3 is 0 Å². The summed E-state index contributed by atoms with van der Waals surface area (Å²) < 4.78 is 21.0. The quantitative estimate of drug-likeness (QED) is 0.514. The molecule has 2 amide bonds. The summed E-state index contributed by atoms with van der Waals surface area (Å²) in [7, 11) is 0. The Morgan fingerprint density at radius 3 is 2.47 bits per heavy atom. The van der Waals surface area contributed by atoms with Gasteiger partial charge in [-0.25, -0.2) is 4.39 Å². The SMILES string of the molecule is CC(C)NC(=O)[C@H]1CC[C@@H](n2/c(=N/C(=O)c3ccc(F)cc3)[nH]c3ccc(CN4CCOCC4)cc32)CC1. The molecule has 38 heavy (non-hydrogen) atoms. The number of morpholine rings is 1. The maximum atomic E-state index is 13.4. The molecule has 1 aromatic heterocycles. The largest absolute Gasteiger partial charge is 0.379 e. The Balaban J connectivity index is 1.48. The number of nitrogens with zero attached hydrogens (tertiary/aromatic N) is 3. The van der Waals surface area contributed by atoms with Crippen LogP contribution in [-0.4, -0.2) is 58.6 Å². The third kappa shape index (κ3) is 6.05. The van der Waals surface area contributed by atoms with E-state index in [1.165, 1.54) is 29.8 Å². The highest BCUT2D eigenvalue weighted by molar-refractivity contribution is 5.95. The van der Waals surface area contributed by atoms with E-state index in [4.69, 9.17) is 4.74 Å². The number of fused-ring (bicyclic) bond motifs is 1. The fourth-order valence-electron chi connectivity index (χ4n) is 5.50. The smallest absolute Gasteiger partial charge is 0.280 e. The molecule has 5 rings (SSSR count). The van der Waals surface area contributed by atoms with Crippen molar-refractivity contribution >= 4 is 22.8 Å².